The zero-order valence-corrected chi connectivity index (χ0v) is 65.2. The quantitative estimate of drug-likeness (QED) is 0.0149. The fraction of sp³-hybridized carbons (Fsp3) is 0.844. The van der Waals surface area contributed by atoms with Crippen molar-refractivity contribution < 1.29 is 187 Å². The standard InChI is InChI=1S/2C14H26NO8P.2C11H20O7.2C7H16O4/c1-3-10(23-14(7-16)20-2)8-21-12(18)5-4-11(17)15-6-13(19)22-9-24;1-3-10(7-16)23-14(20-2)8-21-12(18)5-4-11(17)15-6-13(19)22-9-24;1-3-8(18-11(6-12)16-2)7-17-10(15)5-4-9(13)14;1-3-8(6-12)18-11(16-2)7-17-10(15)5-4-9(13)14;2*1-3-6(4-8)11-7(5-9)10-2/h2*10,14,16H,3-9,24H2,1-2H3,(H,15,17);2*8,11-12H,3-7H2,1-2H3,(H,13,14);2*6-9H,3-5H2,1-2H3/i2*9T;;;;. The van der Waals surface area contributed by atoms with Gasteiger partial charge in [0.1, 0.15) is 52.2 Å². The number of amides is 2. The first-order valence-corrected chi connectivity index (χ1v) is 34.9. The Kier molecular flexibility index (Phi) is 80.1. The van der Waals surface area contributed by atoms with E-state index < -0.39 is 128 Å². The first kappa shape index (κ1) is 107. The molecule has 0 saturated carbocycles. The number of esters is 6. The van der Waals surface area contributed by atoms with E-state index in [9.17, 15) is 47.9 Å². The van der Waals surface area contributed by atoms with Gasteiger partial charge in [-0.3, -0.25) is 47.9 Å². The molecule has 0 aliphatic heterocycles. The highest BCUT2D eigenvalue weighted by molar-refractivity contribution is 7.16. The normalized spacial score (nSPS) is 14.9. The molecule has 2 amide bonds. The molecule has 0 aromatic rings. The summed E-state index contributed by atoms with van der Waals surface area (Å²) < 4.78 is 103. The van der Waals surface area contributed by atoms with Crippen LogP contribution < -0.4 is 10.6 Å². The highest BCUT2D eigenvalue weighted by Crippen LogP contribution is 2.11. The maximum Gasteiger partial charge on any atom is 0.325 e. The van der Waals surface area contributed by atoms with Crippen LogP contribution in [0.5, 0.6) is 0 Å². The van der Waals surface area contributed by atoms with Crippen LogP contribution >= 0.6 is 18.5 Å². The van der Waals surface area contributed by atoms with Gasteiger partial charge in [0.25, 0.3) is 0 Å². The maximum absolute atomic E-state index is 11.6. The average Bonchev–Trinajstić information content (AvgIpc) is 0.996. The highest BCUT2D eigenvalue weighted by Gasteiger charge is 2.22. The summed E-state index contributed by atoms with van der Waals surface area (Å²) in [4.78, 5) is 111. The van der Waals surface area contributed by atoms with Crippen LogP contribution in [0, 0.1) is 0 Å². The second-order valence-corrected chi connectivity index (χ2v) is 21.3. The van der Waals surface area contributed by atoms with Gasteiger partial charge in [0.15, 0.2) is 37.7 Å². The number of carbonyl (C=O) groups is 10. The lowest BCUT2D eigenvalue weighted by Crippen LogP contribution is -2.32. The fourth-order valence-electron chi connectivity index (χ4n) is 6.47. The monoisotopic (exact) mass is 1590 g/mol. The number of rotatable bonds is 58. The second kappa shape index (κ2) is 79.3. The lowest BCUT2D eigenvalue weighted by molar-refractivity contribution is -0.195. The number of hydrogen-bond donors (Lipinski definition) is 12. The van der Waals surface area contributed by atoms with Crippen molar-refractivity contribution in [2.24, 2.45) is 0 Å². The third-order valence-electron chi connectivity index (χ3n) is 12.9. The van der Waals surface area contributed by atoms with Crippen LogP contribution in [0.3, 0.4) is 0 Å². The van der Waals surface area contributed by atoms with Gasteiger partial charge in [-0.1, -0.05) is 60.0 Å². The molecule has 0 heterocycles. The number of hydrogen-bond acceptors (Lipinski definition) is 36. The summed E-state index contributed by atoms with van der Waals surface area (Å²) in [7, 11) is 12.4. The van der Waals surface area contributed by atoms with Gasteiger partial charge in [0, 0.05) is 55.5 Å². The molecule has 16 atom stereocenters. The van der Waals surface area contributed by atoms with Gasteiger partial charge < -0.3 is 147 Å². The number of aliphatic carboxylic acids is 2. The molecule has 0 aromatic heterocycles. The summed E-state index contributed by atoms with van der Waals surface area (Å²) in [6, 6.07) is 0. The molecule has 0 aliphatic rings. The molecular formula is C64H124N2O38P2. The molecule has 0 fully saturated rings. The van der Waals surface area contributed by atoms with Crippen molar-refractivity contribution in [3.05, 3.63) is 0 Å². The largest absolute Gasteiger partial charge is 0.481 e. The molecule has 42 heteroatoms. The van der Waals surface area contributed by atoms with Crippen molar-refractivity contribution in [1.82, 2.24) is 10.6 Å². The van der Waals surface area contributed by atoms with Gasteiger partial charge in [0.2, 0.25) is 11.8 Å². The molecule has 0 aromatic carbocycles. The SMILES string of the molecule is CCC(CO)OC(CO)OC.CCC(CO)OC(CO)OC.CCC(CO)OC(COC(=O)CCC(=O)O)OC.CCC(COC(=O)CCC(=O)O)OC(CO)OC.[3H]C(P)OC(=O)CNC(=O)CCC(=O)OCC(CC)OC(CO)OC.[3H]C(P)OC(=O)CNC(=O)CCC(=O)OCC(OC)OC(CC)CO. The lowest BCUT2D eigenvalue weighted by atomic mass is 10.3. The minimum atomic E-state index is -1.09. The van der Waals surface area contributed by atoms with Crippen LogP contribution in [-0.2, 0) is 133 Å². The lowest BCUT2D eigenvalue weighted by Gasteiger charge is -2.21. The van der Waals surface area contributed by atoms with Crippen molar-refractivity contribution >= 4 is 78.0 Å². The summed E-state index contributed by atoms with van der Waals surface area (Å²) >= 11 is 0. The topological polar surface area (TPSA) is 563 Å². The molecule has 12 N–H and O–H groups in total. The van der Waals surface area contributed by atoms with E-state index in [1.807, 2.05) is 60.0 Å². The van der Waals surface area contributed by atoms with Gasteiger partial charge in [-0.2, -0.15) is 0 Å². The minimum Gasteiger partial charge on any atom is -0.481 e. The molecule has 628 valence electrons. The Labute approximate surface area is 627 Å². The van der Waals surface area contributed by atoms with E-state index in [4.69, 9.17) is 130 Å². The van der Waals surface area contributed by atoms with Gasteiger partial charge in [-0.15, -0.1) is 0 Å². The van der Waals surface area contributed by atoms with E-state index in [1.54, 1.807) is 0 Å². The molecule has 0 aliphatic carbocycles. The van der Waals surface area contributed by atoms with Crippen LogP contribution in [-0.4, -0.2) is 333 Å². The van der Waals surface area contributed by atoms with Gasteiger partial charge in [-0.05, 0) is 38.5 Å². The number of aliphatic hydroxyl groups excluding tert-OH is 8. The Morgan fingerprint density at radius 3 is 0.717 bits per heavy atom. The summed E-state index contributed by atoms with van der Waals surface area (Å²) in [6.07, 6.45) is -6.49. The Morgan fingerprint density at radius 2 is 0.519 bits per heavy atom. The number of aliphatic hydroxyl groups is 8. The fourth-order valence-corrected chi connectivity index (χ4v) is 6.77. The molecule has 0 bridgehead atoms. The third-order valence-corrected chi connectivity index (χ3v) is 13.1. The van der Waals surface area contributed by atoms with Crippen LogP contribution in [0.2, 0.25) is 0 Å². The molecule has 0 radical (unpaired) electrons. The molecule has 16 unspecified atom stereocenters. The first-order chi connectivity index (χ1) is 51.2. The number of carboxylic acid groups (broad SMARTS) is 2. The van der Waals surface area contributed by atoms with Crippen molar-refractivity contribution in [1.29, 1.82) is 0 Å². The van der Waals surface area contributed by atoms with Crippen molar-refractivity contribution in [3.8, 4) is 0 Å². The highest BCUT2D eigenvalue weighted by atomic mass is 31.0. The summed E-state index contributed by atoms with van der Waals surface area (Å²) in [5.74, 6) is -7.06. The van der Waals surface area contributed by atoms with E-state index in [2.05, 4.69) is 20.1 Å². The summed E-state index contributed by atoms with van der Waals surface area (Å²) in [5, 5.41) is 91.8. The maximum atomic E-state index is 11.6. The number of methoxy groups -OCH3 is 6. The first-order valence-electron chi connectivity index (χ1n) is 34.7. The Hall–Kier alpha value is -5.24. The van der Waals surface area contributed by atoms with Gasteiger partial charge in [0.05, 0.1) is 131 Å². The van der Waals surface area contributed by atoms with Crippen molar-refractivity contribution in [2.45, 2.75) is 206 Å². The van der Waals surface area contributed by atoms with Gasteiger partial charge in [-0.25, -0.2) is 0 Å². The number of carbonyl (C=O) groups excluding carboxylic acids is 8. The molecular weight excluding hydrogens is 1470 g/mol. The zero-order chi connectivity index (χ0) is 83.8. The van der Waals surface area contributed by atoms with Crippen LogP contribution in [0.1, 0.15) is 134 Å². The predicted octanol–water partition coefficient (Wildman–Crippen LogP) is -1.09. The van der Waals surface area contributed by atoms with Crippen LogP contribution in [0.25, 0.3) is 0 Å². The smallest absolute Gasteiger partial charge is 0.325 e. The van der Waals surface area contributed by atoms with Crippen LogP contribution in [0.4, 0.5) is 0 Å². The van der Waals surface area contributed by atoms with Crippen molar-refractivity contribution in [2.75, 3.05) is 148 Å². The Morgan fingerprint density at radius 1 is 0.302 bits per heavy atom. The number of ether oxygens (including phenoxy) is 18. The van der Waals surface area contributed by atoms with E-state index in [-0.39, 0.29) is 162 Å². The summed E-state index contributed by atoms with van der Waals surface area (Å²) in [5.41, 5.74) is 0. The molecule has 0 spiro atoms. The Bertz CT molecular complexity index is 2060. The third kappa shape index (κ3) is 71.7. The summed E-state index contributed by atoms with van der Waals surface area (Å²) in [6.45, 7) is 8.65. The second-order valence-electron chi connectivity index (χ2n) is 20.8. The number of nitrogens with one attached hydrogen (secondary N) is 2. The van der Waals surface area contributed by atoms with Gasteiger partial charge >= 0.3 is 47.8 Å². The van der Waals surface area contributed by atoms with E-state index in [0.717, 1.165) is 0 Å². The minimum absolute atomic E-state index is 0.00874. The van der Waals surface area contributed by atoms with E-state index in [0.29, 0.717) is 38.5 Å². The predicted molar refractivity (Wildman–Crippen MR) is 376 cm³/mol. The molecule has 40 nitrogen and oxygen atoms in total. The number of carboxylic acids is 2. The van der Waals surface area contributed by atoms with E-state index >= 15 is 0 Å². The van der Waals surface area contributed by atoms with Crippen LogP contribution in [0.15, 0.2) is 0 Å². The average molecular weight is 1600 g/mol. The Balaban J connectivity index is -0.000000296. The molecule has 0 rings (SSSR count). The van der Waals surface area contributed by atoms with Crippen molar-refractivity contribution in [3.63, 3.8) is 0 Å². The molecule has 0 saturated heterocycles. The van der Waals surface area contributed by atoms with E-state index in [1.165, 1.54) is 42.7 Å². The zero-order valence-electron chi connectivity index (χ0n) is 64.9. The molecule has 106 heavy (non-hydrogen) atoms.